The van der Waals surface area contributed by atoms with Crippen LogP contribution in [-0.4, -0.2) is 40.5 Å². The lowest BCUT2D eigenvalue weighted by Gasteiger charge is -2.15. The largest absolute Gasteiger partial charge is 0.354 e. The minimum atomic E-state index is 0.764. The maximum atomic E-state index is 4.36. The summed E-state index contributed by atoms with van der Waals surface area (Å²) >= 11 is 0. The molecule has 0 radical (unpaired) electrons. The molecular weight excluding hydrogens is 212 g/mol. The highest BCUT2D eigenvalue weighted by molar-refractivity contribution is 5.24. The monoisotopic (exact) mass is 232 g/mol. The molecule has 0 aromatic carbocycles. The van der Waals surface area contributed by atoms with E-state index in [2.05, 4.69) is 20.2 Å². The first-order chi connectivity index (χ1) is 8.31. The van der Waals surface area contributed by atoms with Gasteiger partial charge in [-0.1, -0.05) is 0 Å². The van der Waals surface area contributed by atoms with Crippen LogP contribution in [0, 0.1) is 12.8 Å². The lowest BCUT2D eigenvalue weighted by atomic mass is 10.1. The summed E-state index contributed by atoms with van der Waals surface area (Å²) in [7, 11) is 0. The van der Waals surface area contributed by atoms with Crippen molar-refractivity contribution in [2.24, 2.45) is 5.92 Å². The van der Waals surface area contributed by atoms with Gasteiger partial charge in [0.1, 0.15) is 0 Å². The third kappa shape index (κ3) is 2.75. The number of hydrogen-bond acceptors (Lipinski definition) is 4. The summed E-state index contributed by atoms with van der Waals surface area (Å²) in [6, 6.07) is 2.84. The highest BCUT2D eigenvalue weighted by Crippen LogP contribution is 2.31. The molecule has 1 saturated carbocycles. The topological polar surface area (TPSA) is 41.1 Å². The van der Waals surface area contributed by atoms with Crippen LogP contribution >= 0.6 is 0 Å². The van der Waals surface area contributed by atoms with Crippen LogP contribution < -0.4 is 5.32 Å². The molecule has 1 saturated heterocycles. The van der Waals surface area contributed by atoms with Gasteiger partial charge in [-0.05, 0) is 44.7 Å². The van der Waals surface area contributed by atoms with Crippen molar-refractivity contribution in [1.29, 1.82) is 0 Å². The van der Waals surface area contributed by atoms with E-state index < -0.39 is 0 Å². The first-order valence-electron chi connectivity index (χ1n) is 6.59. The summed E-state index contributed by atoms with van der Waals surface area (Å²) in [5, 5.41) is 3.36. The molecule has 17 heavy (non-hydrogen) atoms. The van der Waals surface area contributed by atoms with Crippen molar-refractivity contribution in [3.05, 3.63) is 18.0 Å². The van der Waals surface area contributed by atoms with E-state index in [1.54, 1.807) is 0 Å². The van der Waals surface area contributed by atoms with Crippen molar-refractivity contribution in [2.75, 3.05) is 25.0 Å². The molecule has 0 bridgehead atoms. The highest BCUT2D eigenvalue weighted by atomic mass is 15.2. The molecule has 92 valence electrons. The lowest BCUT2D eigenvalue weighted by Crippen LogP contribution is -2.25. The van der Waals surface area contributed by atoms with Gasteiger partial charge in [-0.25, -0.2) is 9.97 Å². The molecule has 4 heteroatoms. The summed E-state index contributed by atoms with van der Waals surface area (Å²) in [5.41, 5.74) is 1.02. The summed E-state index contributed by atoms with van der Waals surface area (Å²) in [6.07, 6.45) is 5.97. The van der Waals surface area contributed by atoms with Gasteiger partial charge < -0.3 is 10.2 Å². The molecule has 1 N–H and O–H groups in total. The Hall–Kier alpha value is -1.16. The van der Waals surface area contributed by atoms with Crippen LogP contribution in [0.15, 0.2) is 12.3 Å². The Bertz CT molecular complexity index is 389. The van der Waals surface area contributed by atoms with E-state index in [-0.39, 0.29) is 0 Å². The molecule has 1 aromatic rings. The zero-order valence-corrected chi connectivity index (χ0v) is 10.4. The maximum absolute atomic E-state index is 4.36. The minimum absolute atomic E-state index is 0.764. The smallest absolute Gasteiger partial charge is 0.222 e. The second-order valence-electron chi connectivity index (χ2n) is 5.28. The number of likely N-dealkylation sites (tertiary alicyclic amines) is 1. The molecular formula is C13H20N4. The number of hydrogen-bond donors (Lipinski definition) is 1. The summed E-state index contributed by atoms with van der Waals surface area (Å²) in [5.74, 6) is 1.54. The number of anilines is 1. The van der Waals surface area contributed by atoms with Gasteiger partial charge in [0, 0.05) is 31.0 Å². The zero-order valence-electron chi connectivity index (χ0n) is 10.4. The van der Waals surface area contributed by atoms with Crippen LogP contribution in [0.2, 0.25) is 0 Å². The van der Waals surface area contributed by atoms with Crippen LogP contribution in [0.1, 0.15) is 25.0 Å². The molecule has 4 nitrogen and oxygen atoms in total. The van der Waals surface area contributed by atoms with Crippen molar-refractivity contribution in [3.63, 3.8) is 0 Å². The third-order valence-electron chi connectivity index (χ3n) is 3.72. The first-order valence-corrected chi connectivity index (χ1v) is 6.59. The van der Waals surface area contributed by atoms with Gasteiger partial charge in [-0.15, -0.1) is 0 Å². The third-order valence-corrected chi connectivity index (χ3v) is 3.72. The number of aromatic nitrogens is 2. The quantitative estimate of drug-likeness (QED) is 0.857. The number of rotatable bonds is 4. The minimum Gasteiger partial charge on any atom is -0.354 e. The van der Waals surface area contributed by atoms with Crippen LogP contribution in [0.25, 0.3) is 0 Å². The molecule has 2 aliphatic rings. The lowest BCUT2D eigenvalue weighted by molar-refractivity contribution is 0.316. The van der Waals surface area contributed by atoms with Crippen molar-refractivity contribution in [3.8, 4) is 0 Å². The molecule has 0 spiro atoms. The Labute approximate surface area is 102 Å². The highest BCUT2D eigenvalue weighted by Gasteiger charge is 2.34. The van der Waals surface area contributed by atoms with Crippen LogP contribution in [0.4, 0.5) is 5.95 Å². The van der Waals surface area contributed by atoms with E-state index in [1.165, 1.54) is 32.4 Å². The zero-order chi connectivity index (χ0) is 11.7. The first kappa shape index (κ1) is 11.0. The van der Waals surface area contributed by atoms with Gasteiger partial charge in [0.15, 0.2) is 0 Å². The second kappa shape index (κ2) is 4.61. The Morgan fingerprint density at radius 2 is 2.29 bits per heavy atom. The van der Waals surface area contributed by atoms with Crippen molar-refractivity contribution >= 4 is 5.95 Å². The molecule has 1 aromatic heterocycles. The SMILES string of the molecule is Cc1ccnc(NCC2CCN(C3CC3)C2)n1. The van der Waals surface area contributed by atoms with Crippen molar-refractivity contribution < 1.29 is 0 Å². The maximum Gasteiger partial charge on any atom is 0.222 e. The van der Waals surface area contributed by atoms with Gasteiger partial charge in [0.2, 0.25) is 5.95 Å². The molecule has 1 unspecified atom stereocenters. The molecule has 2 heterocycles. The molecule has 1 aliphatic heterocycles. The van der Waals surface area contributed by atoms with Gasteiger partial charge in [-0.2, -0.15) is 0 Å². The number of aryl methyl sites for hydroxylation is 1. The van der Waals surface area contributed by atoms with E-state index in [9.17, 15) is 0 Å². The predicted molar refractivity (Wildman–Crippen MR) is 68.0 cm³/mol. The fraction of sp³-hybridized carbons (Fsp3) is 0.692. The van der Waals surface area contributed by atoms with E-state index in [0.717, 1.165) is 30.1 Å². The fourth-order valence-corrected chi connectivity index (χ4v) is 2.57. The predicted octanol–water partition coefficient (Wildman–Crippen LogP) is 1.68. The van der Waals surface area contributed by atoms with Gasteiger partial charge in [-0.3, -0.25) is 0 Å². The standard InChI is InChI=1S/C13H20N4/c1-10-4-6-14-13(16-10)15-8-11-5-7-17(9-11)12-2-3-12/h4,6,11-12H,2-3,5,7-9H2,1H3,(H,14,15,16). The van der Waals surface area contributed by atoms with Crippen LogP contribution in [-0.2, 0) is 0 Å². The Morgan fingerprint density at radius 3 is 3.06 bits per heavy atom. The number of nitrogens with zero attached hydrogens (tertiary/aromatic N) is 3. The van der Waals surface area contributed by atoms with E-state index >= 15 is 0 Å². The normalized spacial score (nSPS) is 25.1. The molecule has 0 amide bonds. The van der Waals surface area contributed by atoms with Crippen LogP contribution in [0.3, 0.4) is 0 Å². The van der Waals surface area contributed by atoms with E-state index in [0.29, 0.717) is 0 Å². The summed E-state index contributed by atoms with van der Waals surface area (Å²) < 4.78 is 0. The Kier molecular flexibility index (Phi) is 2.97. The Balaban J connectivity index is 1.48. The van der Waals surface area contributed by atoms with Crippen molar-refractivity contribution in [2.45, 2.75) is 32.2 Å². The molecule has 1 aliphatic carbocycles. The number of nitrogens with one attached hydrogen (secondary N) is 1. The van der Waals surface area contributed by atoms with E-state index in [4.69, 9.17) is 0 Å². The average Bonchev–Trinajstić information content (AvgIpc) is 3.07. The molecule has 3 rings (SSSR count). The van der Waals surface area contributed by atoms with Gasteiger partial charge >= 0.3 is 0 Å². The summed E-state index contributed by atoms with van der Waals surface area (Å²) in [6.45, 7) is 5.54. The van der Waals surface area contributed by atoms with Crippen molar-refractivity contribution in [1.82, 2.24) is 14.9 Å². The molecule has 2 fully saturated rings. The molecule has 1 atom stereocenters. The summed E-state index contributed by atoms with van der Waals surface area (Å²) in [4.78, 5) is 11.2. The van der Waals surface area contributed by atoms with Gasteiger partial charge in [0.25, 0.3) is 0 Å². The Morgan fingerprint density at radius 1 is 1.41 bits per heavy atom. The van der Waals surface area contributed by atoms with E-state index in [1.807, 2.05) is 19.2 Å². The average molecular weight is 232 g/mol. The fourth-order valence-electron chi connectivity index (χ4n) is 2.57. The van der Waals surface area contributed by atoms with Crippen LogP contribution in [0.5, 0.6) is 0 Å². The second-order valence-corrected chi connectivity index (χ2v) is 5.28. The van der Waals surface area contributed by atoms with Gasteiger partial charge in [0.05, 0.1) is 0 Å².